The van der Waals surface area contributed by atoms with E-state index in [1.54, 1.807) is 18.2 Å². The quantitative estimate of drug-likeness (QED) is 0.161. The molecule has 0 radical (unpaired) electrons. The Morgan fingerprint density at radius 2 is 2.00 bits per heavy atom. The van der Waals surface area contributed by atoms with Crippen molar-refractivity contribution < 1.29 is 13.9 Å². The molecular weight excluding hydrogens is 718 g/mol. The van der Waals surface area contributed by atoms with Gasteiger partial charge in [0, 0.05) is 69.5 Å². The van der Waals surface area contributed by atoms with Gasteiger partial charge < -0.3 is 19.5 Å². The fourth-order valence-corrected chi connectivity index (χ4v) is 10.1. The number of likely N-dealkylation sites (tertiary alicyclic amines) is 1. The molecule has 1 N–H and O–H groups in total. The summed E-state index contributed by atoms with van der Waals surface area (Å²) in [5.74, 6) is 0.172. The van der Waals surface area contributed by atoms with Gasteiger partial charge in [-0.1, -0.05) is 35.3 Å². The van der Waals surface area contributed by atoms with E-state index in [2.05, 4.69) is 44.3 Å². The lowest BCUT2D eigenvalue weighted by atomic mass is 9.79. The first-order chi connectivity index (χ1) is 25.1. The average molecular weight is 758 g/mol. The summed E-state index contributed by atoms with van der Waals surface area (Å²) in [6.45, 7) is 7.40. The van der Waals surface area contributed by atoms with Crippen LogP contribution in [-0.2, 0) is 22.6 Å². The second kappa shape index (κ2) is 13.1. The number of halogens is 3. The van der Waals surface area contributed by atoms with E-state index in [1.165, 1.54) is 11.5 Å². The van der Waals surface area contributed by atoms with Crippen LogP contribution in [0.3, 0.4) is 0 Å². The van der Waals surface area contributed by atoms with Crippen LogP contribution in [0.15, 0.2) is 36.4 Å². The molecule has 2 aliphatic carbocycles. The molecule has 5 aromatic rings. The third-order valence-electron chi connectivity index (χ3n) is 11.8. The third-order valence-corrected chi connectivity index (χ3v) is 13.4. The normalized spacial score (nSPS) is 25.3. The highest BCUT2D eigenvalue weighted by Gasteiger charge is 2.52. The predicted octanol–water partition coefficient (Wildman–Crippen LogP) is 9.02. The van der Waals surface area contributed by atoms with Crippen LogP contribution >= 0.6 is 34.7 Å². The summed E-state index contributed by atoms with van der Waals surface area (Å²) in [5.41, 5.74) is 5.34. The van der Waals surface area contributed by atoms with E-state index in [1.807, 2.05) is 19.9 Å². The number of rotatable bonds is 9. The number of benzene rings is 2. The van der Waals surface area contributed by atoms with Crippen molar-refractivity contribution in [1.29, 1.82) is 5.26 Å². The van der Waals surface area contributed by atoms with Crippen LogP contribution < -0.4 is 5.32 Å². The zero-order valence-electron chi connectivity index (χ0n) is 29.3. The van der Waals surface area contributed by atoms with Gasteiger partial charge in [-0.25, -0.2) is 9.37 Å². The number of nitrogens with zero attached hydrogens (tertiary/aromatic N) is 5. The van der Waals surface area contributed by atoms with Crippen LogP contribution in [0.4, 0.5) is 4.39 Å². The average Bonchev–Trinajstić information content (AvgIpc) is 3.49. The molecule has 2 aromatic carbocycles. The van der Waals surface area contributed by atoms with Gasteiger partial charge in [0.15, 0.2) is 5.82 Å². The molecule has 8 nitrogen and oxygen atoms in total. The second-order valence-corrected chi connectivity index (χ2v) is 16.9. The summed E-state index contributed by atoms with van der Waals surface area (Å²) < 4.78 is 30.8. The van der Waals surface area contributed by atoms with Gasteiger partial charge in [0.25, 0.3) is 0 Å². The molecule has 6 heterocycles. The minimum Gasteiger partial charge on any atom is -0.370 e. The number of aromatic nitrogens is 3. The van der Waals surface area contributed by atoms with Crippen LogP contribution in [0.1, 0.15) is 78.6 Å². The van der Waals surface area contributed by atoms with Crippen LogP contribution in [0.2, 0.25) is 10.0 Å². The summed E-state index contributed by atoms with van der Waals surface area (Å²) >= 11 is 14.6. The van der Waals surface area contributed by atoms with Gasteiger partial charge in [0.05, 0.1) is 58.2 Å². The number of nitrogens with one attached hydrogen (secondary N) is 1. The first kappa shape index (κ1) is 34.2. The number of pyridine rings is 1. The molecule has 5 fully saturated rings. The van der Waals surface area contributed by atoms with E-state index in [-0.39, 0.29) is 59.1 Å². The smallest absolute Gasteiger partial charge is 0.226 e. The summed E-state index contributed by atoms with van der Waals surface area (Å²) in [5, 5.41) is 15.6. The van der Waals surface area contributed by atoms with E-state index in [4.69, 9.17) is 32.9 Å². The molecule has 2 saturated carbocycles. The summed E-state index contributed by atoms with van der Waals surface area (Å²) in [4.78, 5) is 22.3. The number of carbonyl (C=O) groups excluding carboxylic acids is 1. The first-order valence-electron chi connectivity index (χ1n) is 18.2. The largest absolute Gasteiger partial charge is 0.370 e. The molecule has 3 aliphatic heterocycles. The SMILES string of the molecule is Cc1cc(CO[C@H]2C[C@H](c3cc4c(C)nc5c(F)c(-c6cccc(Cl)c6Cl)c(CCC#N)cc5c4n3[C@H]3[C@H]4CN[C@@H]3C4)N(C(=O)C3CC3)[C@H]2C)ns1. The Hall–Kier alpha value is -3.59. The summed E-state index contributed by atoms with van der Waals surface area (Å²) in [7, 11) is 0. The molecule has 3 saturated heterocycles. The number of fused-ring (bicyclic) bond motifs is 4. The number of ether oxygens (including phenoxy) is 1. The second-order valence-electron chi connectivity index (χ2n) is 15.1. The van der Waals surface area contributed by atoms with Gasteiger partial charge in [-0.3, -0.25) is 4.79 Å². The van der Waals surface area contributed by atoms with Gasteiger partial charge in [-0.2, -0.15) is 9.64 Å². The molecule has 0 spiro atoms. The fourth-order valence-electron chi connectivity index (χ4n) is 9.14. The lowest BCUT2D eigenvalue weighted by Gasteiger charge is -2.39. The molecule has 12 heteroatoms. The maximum atomic E-state index is 17.2. The monoisotopic (exact) mass is 756 g/mol. The number of hydrogen-bond acceptors (Lipinski definition) is 7. The number of nitriles is 1. The lowest BCUT2D eigenvalue weighted by molar-refractivity contribution is -0.136. The van der Waals surface area contributed by atoms with Crippen LogP contribution in [0.5, 0.6) is 0 Å². The molecule has 52 heavy (non-hydrogen) atoms. The number of carbonyl (C=O) groups is 1. The molecule has 268 valence electrons. The summed E-state index contributed by atoms with van der Waals surface area (Å²) in [6, 6.07) is 13.8. The third kappa shape index (κ3) is 5.46. The first-order valence-corrected chi connectivity index (χ1v) is 19.7. The van der Waals surface area contributed by atoms with Crippen molar-refractivity contribution in [2.45, 2.75) is 96.2 Å². The van der Waals surface area contributed by atoms with Gasteiger partial charge in [0.1, 0.15) is 5.52 Å². The molecule has 0 unspecified atom stereocenters. The van der Waals surface area contributed by atoms with Crippen molar-refractivity contribution in [3.05, 3.63) is 79.8 Å². The Morgan fingerprint density at radius 1 is 1.17 bits per heavy atom. The number of hydrogen-bond donors (Lipinski definition) is 1. The topological polar surface area (TPSA) is 96.1 Å². The molecule has 10 rings (SSSR count). The van der Waals surface area contributed by atoms with Gasteiger partial charge in [-0.15, -0.1) is 0 Å². The van der Waals surface area contributed by atoms with Crippen molar-refractivity contribution in [2.24, 2.45) is 11.8 Å². The Balaban J connectivity index is 1.25. The van der Waals surface area contributed by atoms with Crippen molar-refractivity contribution >= 4 is 62.4 Å². The van der Waals surface area contributed by atoms with E-state index in [9.17, 15) is 10.1 Å². The van der Waals surface area contributed by atoms with E-state index in [0.29, 0.717) is 58.2 Å². The minimum atomic E-state index is -0.477. The maximum absolute atomic E-state index is 17.2. The fraction of sp³-hybridized carbons (Fsp3) is 0.450. The van der Waals surface area contributed by atoms with Crippen molar-refractivity contribution in [3.8, 4) is 17.2 Å². The zero-order chi connectivity index (χ0) is 36.0. The highest BCUT2D eigenvalue weighted by Crippen LogP contribution is 2.52. The van der Waals surface area contributed by atoms with Crippen LogP contribution in [0.25, 0.3) is 32.9 Å². The molecule has 2 bridgehead atoms. The van der Waals surface area contributed by atoms with Gasteiger partial charge >= 0.3 is 0 Å². The van der Waals surface area contributed by atoms with Gasteiger partial charge in [0.2, 0.25) is 5.91 Å². The van der Waals surface area contributed by atoms with Crippen LogP contribution in [0, 0.1) is 42.8 Å². The molecule has 5 aliphatic rings. The molecule has 6 atom stereocenters. The Morgan fingerprint density at radius 3 is 2.69 bits per heavy atom. The lowest BCUT2D eigenvalue weighted by Crippen LogP contribution is -2.43. The highest BCUT2D eigenvalue weighted by atomic mass is 35.5. The Labute approximate surface area is 316 Å². The number of amides is 1. The maximum Gasteiger partial charge on any atom is 0.226 e. The highest BCUT2D eigenvalue weighted by molar-refractivity contribution is 7.05. The molecule has 3 aromatic heterocycles. The van der Waals surface area contributed by atoms with E-state index in [0.717, 1.165) is 53.0 Å². The summed E-state index contributed by atoms with van der Waals surface area (Å²) in [6.07, 6.45) is 3.93. The van der Waals surface area contributed by atoms with Gasteiger partial charge in [-0.05, 0) is 93.7 Å². The van der Waals surface area contributed by atoms with E-state index < -0.39 is 5.82 Å². The van der Waals surface area contributed by atoms with E-state index >= 15 is 4.39 Å². The van der Waals surface area contributed by atoms with Crippen LogP contribution in [-0.4, -0.2) is 49.5 Å². The van der Waals surface area contributed by atoms with Crippen molar-refractivity contribution in [3.63, 3.8) is 0 Å². The molecular formula is C40H39Cl2FN6O2S. The molecule has 1 amide bonds. The number of aryl methyl sites for hydroxylation is 3. The zero-order valence-corrected chi connectivity index (χ0v) is 31.6. The minimum absolute atomic E-state index is 0.0435. The van der Waals surface area contributed by atoms with Crippen molar-refractivity contribution in [2.75, 3.05) is 6.54 Å². The standard InChI is InChI=1S/C40H39Cl2FN6O2S/c1-19-12-25(47-52-19)18-51-33-16-32(48(21(33)3)40(50)22-9-10-22)31-15-27-20(2)46-37-28(39(27)49(31)38-24-14-30(38)45-17-24)13-23(6-5-11-44)34(36(37)43)26-7-4-8-29(41)35(26)42/h4,7-8,12-13,15,21-22,24,30,32-33,38,45H,5-6,9-10,14,16-18H2,1-3H3/t21-,24+,30+,32+,33-,38-/m0/s1. The Kier molecular flexibility index (Phi) is 8.59. The Bertz CT molecular complexity index is 2300. The predicted molar refractivity (Wildman–Crippen MR) is 202 cm³/mol. The van der Waals surface area contributed by atoms with Crippen molar-refractivity contribution in [1.82, 2.24) is 24.1 Å².